The molecule has 0 fully saturated rings. The number of anilines is 2. The maximum absolute atomic E-state index is 5.87. The lowest BCUT2D eigenvalue weighted by atomic mass is 9.96. The number of benzene rings is 1. The van der Waals surface area contributed by atoms with E-state index in [1.165, 1.54) is 11.1 Å². The molecule has 2 aromatic rings. The number of nitrogens with two attached hydrogens (primary N) is 1. The molecule has 1 aromatic heterocycles. The van der Waals surface area contributed by atoms with Gasteiger partial charge in [0.15, 0.2) is 0 Å². The van der Waals surface area contributed by atoms with Crippen molar-refractivity contribution in [1.29, 1.82) is 0 Å². The summed E-state index contributed by atoms with van der Waals surface area (Å²) in [5, 5.41) is 3.33. The molecule has 0 aliphatic heterocycles. The zero-order valence-corrected chi connectivity index (χ0v) is 13.3. The Morgan fingerprint density at radius 1 is 1.14 bits per heavy atom. The number of nitrogens with one attached hydrogen (secondary N) is 1. The first-order valence-corrected chi connectivity index (χ1v) is 7.29. The first kappa shape index (κ1) is 15.3. The summed E-state index contributed by atoms with van der Waals surface area (Å²) in [6, 6.07) is 10.3. The third-order valence-electron chi connectivity index (χ3n) is 3.22. The summed E-state index contributed by atoms with van der Waals surface area (Å²) in [5.74, 6) is 2.06. The number of aromatic nitrogens is 2. The van der Waals surface area contributed by atoms with Gasteiger partial charge >= 0.3 is 0 Å². The Bertz CT molecular complexity index is 614. The second-order valence-corrected chi connectivity index (χ2v) is 6.42. The zero-order valence-electron chi connectivity index (χ0n) is 13.3. The Balaban J connectivity index is 2.02. The van der Waals surface area contributed by atoms with Crippen LogP contribution >= 0.6 is 0 Å². The molecule has 4 nitrogen and oxygen atoms in total. The van der Waals surface area contributed by atoms with Crippen LogP contribution in [0.4, 0.5) is 11.6 Å². The van der Waals surface area contributed by atoms with Crippen molar-refractivity contribution in [2.45, 2.75) is 39.5 Å². The van der Waals surface area contributed by atoms with Crippen LogP contribution in [-0.4, -0.2) is 16.5 Å². The summed E-state index contributed by atoms with van der Waals surface area (Å²) in [6.07, 6.45) is 0.955. The van der Waals surface area contributed by atoms with E-state index in [-0.39, 0.29) is 5.41 Å². The van der Waals surface area contributed by atoms with E-state index in [1.54, 1.807) is 6.07 Å². The maximum Gasteiger partial charge on any atom is 0.138 e. The van der Waals surface area contributed by atoms with Gasteiger partial charge in [-0.3, -0.25) is 0 Å². The number of hydrogen-bond donors (Lipinski definition) is 2. The first-order valence-electron chi connectivity index (χ1n) is 7.29. The van der Waals surface area contributed by atoms with Gasteiger partial charge in [-0.15, -0.1) is 0 Å². The molecule has 0 atom stereocenters. The van der Waals surface area contributed by atoms with Crippen molar-refractivity contribution in [3.63, 3.8) is 0 Å². The third kappa shape index (κ3) is 4.45. The molecule has 1 heterocycles. The highest BCUT2D eigenvalue weighted by Crippen LogP contribution is 2.21. The van der Waals surface area contributed by atoms with E-state index >= 15 is 0 Å². The van der Waals surface area contributed by atoms with Crippen LogP contribution in [0.25, 0.3) is 0 Å². The smallest absolute Gasteiger partial charge is 0.138 e. The van der Waals surface area contributed by atoms with E-state index in [1.807, 2.05) is 0 Å². The molecule has 0 saturated carbocycles. The molecule has 0 amide bonds. The fraction of sp³-hybridized carbons (Fsp3) is 0.412. The van der Waals surface area contributed by atoms with Crippen LogP contribution in [0.2, 0.25) is 0 Å². The van der Waals surface area contributed by atoms with Crippen LogP contribution in [-0.2, 0) is 11.8 Å². The average Bonchev–Trinajstić information content (AvgIpc) is 2.37. The molecule has 0 spiro atoms. The van der Waals surface area contributed by atoms with Gasteiger partial charge in [0, 0.05) is 18.0 Å². The molecule has 1 aromatic carbocycles. The fourth-order valence-electron chi connectivity index (χ4n) is 2.09. The Kier molecular flexibility index (Phi) is 4.46. The molecule has 21 heavy (non-hydrogen) atoms. The molecule has 4 heteroatoms. The fourth-order valence-corrected chi connectivity index (χ4v) is 2.09. The number of nitrogens with zero attached hydrogens (tertiary/aromatic N) is 2. The molecular formula is C17H24N4. The molecule has 0 aliphatic rings. The maximum atomic E-state index is 5.87. The van der Waals surface area contributed by atoms with Crippen LogP contribution in [0.15, 0.2) is 30.3 Å². The van der Waals surface area contributed by atoms with E-state index in [2.05, 4.69) is 67.2 Å². The number of nitrogen functional groups attached to an aromatic ring is 1. The lowest BCUT2D eigenvalue weighted by Gasteiger charge is -2.18. The topological polar surface area (TPSA) is 63.8 Å². The van der Waals surface area contributed by atoms with Gasteiger partial charge in [-0.05, 0) is 18.9 Å². The standard InChI is InChI=1S/C17H24N4/c1-12-6-5-7-13(10-12)8-9-19-15-11-14(18)20-16(21-15)17(2,3)4/h5-7,10-11H,8-9H2,1-4H3,(H3,18,19,20,21). The summed E-state index contributed by atoms with van der Waals surface area (Å²) in [4.78, 5) is 8.86. The van der Waals surface area contributed by atoms with E-state index in [9.17, 15) is 0 Å². The van der Waals surface area contributed by atoms with Crippen LogP contribution in [0.3, 0.4) is 0 Å². The molecule has 0 bridgehead atoms. The third-order valence-corrected chi connectivity index (χ3v) is 3.22. The summed E-state index contributed by atoms with van der Waals surface area (Å²) in [5.41, 5.74) is 8.36. The van der Waals surface area contributed by atoms with Crippen molar-refractivity contribution >= 4 is 11.6 Å². The number of aryl methyl sites for hydroxylation is 1. The Labute approximate surface area is 126 Å². The monoisotopic (exact) mass is 284 g/mol. The highest BCUT2D eigenvalue weighted by Gasteiger charge is 2.18. The highest BCUT2D eigenvalue weighted by atomic mass is 15.1. The normalized spacial score (nSPS) is 11.4. The van der Waals surface area contributed by atoms with Crippen LogP contribution in [0.1, 0.15) is 37.7 Å². The minimum atomic E-state index is -0.109. The van der Waals surface area contributed by atoms with Crippen molar-refractivity contribution in [2.24, 2.45) is 0 Å². The van der Waals surface area contributed by atoms with E-state index in [0.29, 0.717) is 5.82 Å². The molecule has 112 valence electrons. The highest BCUT2D eigenvalue weighted by molar-refractivity contribution is 5.45. The lowest BCUT2D eigenvalue weighted by molar-refractivity contribution is 0.547. The van der Waals surface area contributed by atoms with Crippen molar-refractivity contribution in [1.82, 2.24) is 9.97 Å². The van der Waals surface area contributed by atoms with Gasteiger partial charge < -0.3 is 11.1 Å². The minimum absolute atomic E-state index is 0.109. The van der Waals surface area contributed by atoms with Gasteiger partial charge in [-0.1, -0.05) is 50.6 Å². The van der Waals surface area contributed by atoms with Crippen LogP contribution < -0.4 is 11.1 Å². The van der Waals surface area contributed by atoms with Crippen molar-refractivity contribution < 1.29 is 0 Å². The Hall–Kier alpha value is -2.10. The van der Waals surface area contributed by atoms with Crippen LogP contribution in [0, 0.1) is 6.92 Å². The SMILES string of the molecule is Cc1cccc(CCNc2cc(N)nc(C(C)(C)C)n2)c1. The van der Waals surface area contributed by atoms with Crippen molar-refractivity contribution in [3.8, 4) is 0 Å². The van der Waals surface area contributed by atoms with E-state index in [4.69, 9.17) is 5.73 Å². The molecule has 2 rings (SSSR count). The van der Waals surface area contributed by atoms with Gasteiger partial charge in [0.05, 0.1) is 0 Å². The molecule has 0 saturated heterocycles. The van der Waals surface area contributed by atoms with E-state index < -0.39 is 0 Å². The Morgan fingerprint density at radius 3 is 2.57 bits per heavy atom. The molecule has 0 unspecified atom stereocenters. The van der Waals surface area contributed by atoms with Crippen LogP contribution in [0.5, 0.6) is 0 Å². The van der Waals surface area contributed by atoms with Crippen molar-refractivity contribution in [3.05, 3.63) is 47.3 Å². The summed E-state index contributed by atoms with van der Waals surface area (Å²) >= 11 is 0. The Morgan fingerprint density at radius 2 is 1.90 bits per heavy atom. The number of rotatable bonds is 4. The van der Waals surface area contributed by atoms with Gasteiger partial charge in [-0.2, -0.15) is 0 Å². The summed E-state index contributed by atoms with van der Waals surface area (Å²) in [6.45, 7) is 9.18. The number of hydrogen-bond acceptors (Lipinski definition) is 4. The molecule has 0 aliphatic carbocycles. The predicted molar refractivity (Wildman–Crippen MR) is 88.5 cm³/mol. The van der Waals surface area contributed by atoms with Crippen molar-refractivity contribution in [2.75, 3.05) is 17.6 Å². The molecular weight excluding hydrogens is 260 g/mol. The van der Waals surface area contributed by atoms with Gasteiger partial charge in [0.1, 0.15) is 17.5 Å². The molecule has 3 N–H and O–H groups in total. The first-order chi connectivity index (χ1) is 9.84. The predicted octanol–water partition coefficient (Wildman–Crippen LogP) is 3.32. The second kappa shape index (κ2) is 6.12. The largest absolute Gasteiger partial charge is 0.384 e. The van der Waals surface area contributed by atoms with Gasteiger partial charge in [0.25, 0.3) is 0 Å². The van der Waals surface area contributed by atoms with Gasteiger partial charge in [-0.25, -0.2) is 9.97 Å². The minimum Gasteiger partial charge on any atom is -0.384 e. The van der Waals surface area contributed by atoms with E-state index in [0.717, 1.165) is 24.6 Å². The summed E-state index contributed by atoms with van der Waals surface area (Å²) in [7, 11) is 0. The quantitative estimate of drug-likeness (QED) is 0.904. The van der Waals surface area contributed by atoms with Gasteiger partial charge in [0.2, 0.25) is 0 Å². The summed E-state index contributed by atoms with van der Waals surface area (Å²) < 4.78 is 0. The lowest BCUT2D eigenvalue weighted by Crippen LogP contribution is -2.18. The molecule has 0 radical (unpaired) electrons. The average molecular weight is 284 g/mol. The zero-order chi connectivity index (χ0) is 15.5. The second-order valence-electron chi connectivity index (χ2n) is 6.42.